The van der Waals surface area contributed by atoms with Crippen molar-refractivity contribution in [3.63, 3.8) is 0 Å². The fourth-order valence-electron chi connectivity index (χ4n) is 2.26. The highest BCUT2D eigenvalue weighted by atomic mass is 16.7. The number of furan rings is 1. The van der Waals surface area contributed by atoms with Crippen LogP contribution in [0.1, 0.15) is 30.0 Å². The molecule has 0 unspecified atom stereocenters. The molecule has 1 aliphatic heterocycles. The Balaban J connectivity index is 1.87. The zero-order valence-corrected chi connectivity index (χ0v) is 13.9. The van der Waals surface area contributed by atoms with E-state index in [2.05, 4.69) is 10.6 Å². The molecule has 1 aliphatic rings. The summed E-state index contributed by atoms with van der Waals surface area (Å²) in [6.45, 7) is 3.84. The van der Waals surface area contributed by atoms with Crippen LogP contribution in [0.2, 0.25) is 0 Å². The summed E-state index contributed by atoms with van der Waals surface area (Å²) in [5.74, 6) is 0.456. The maximum Gasteiger partial charge on any atom is 0.291 e. The molecule has 2 N–H and O–H groups in total. The highest BCUT2D eigenvalue weighted by Crippen LogP contribution is 2.33. The van der Waals surface area contributed by atoms with Gasteiger partial charge in [-0.05, 0) is 49.8 Å². The van der Waals surface area contributed by atoms with Gasteiger partial charge in [-0.3, -0.25) is 9.59 Å². The van der Waals surface area contributed by atoms with Gasteiger partial charge in [-0.2, -0.15) is 0 Å². The standard InChI is InChI=1S/C18H18N2O5/c1-11(2)19-17(21)13(20-18(22)15-4-3-7-23-15)8-12-5-6-14-16(9-12)25-10-24-14/h3-9,11H,10H2,1-2H3,(H,19,21)(H,20,22). The second-order valence-electron chi connectivity index (χ2n) is 5.73. The average Bonchev–Trinajstić information content (AvgIpc) is 3.24. The lowest BCUT2D eigenvalue weighted by atomic mass is 10.1. The molecule has 0 fully saturated rings. The largest absolute Gasteiger partial charge is 0.459 e. The molecule has 7 nitrogen and oxygen atoms in total. The normalized spacial score (nSPS) is 13.0. The van der Waals surface area contributed by atoms with E-state index in [1.54, 1.807) is 30.3 Å². The molecule has 7 heteroatoms. The number of hydrogen-bond acceptors (Lipinski definition) is 5. The summed E-state index contributed by atoms with van der Waals surface area (Å²) in [7, 11) is 0. The number of nitrogens with one attached hydrogen (secondary N) is 2. The van der Waals surface area contributed by atoms with E-state index in [1.807, 2.05) is 13.8 Å². The van der Waals surface area contributed by atoms with Gasteiger partial charge in [-0.25, -0.2) is 0 Å². The van der Waals surface area contributed by atoms with Crippen LogP contribution in [-0.2, 0) is 4.79 Å². The Hall–Kier alpha value is -3.22. The van der Waals surface area contributed by atoms with Crippen molar-refractivity contribution in [3.05, 3.63) is 53.6 Å². The number of benzene rings is 1. The minimum Gasteiger partial charge on any atom is -0.459 e. The first kappa shape index (κ1) is 16.6. The van der Waals surface area contributed by atoms with Gasteiger partial charge in [-0.1, -0.05) is 6.07 Å². The molecular weight excluding hydrogens is 324 g/mol. The number of carbonyl (C=O) groups is 2. The van der Waals surface area contributed by atoms with E-state index in [0.29, 0.717) is 17.1 Å². The molecule has 3 rings (SSSR count). The molecule has 0 radical (unpaired) electrons. The molecule has 130 valence electrons. The lowest BCUT2D eigenvalue weighted by Crippen LogP contribution is -2.38. The second kappa shape index (κ2) is 7.12. The van der Waals surface area contributed by atoms with Gasteiger partial charge in [0.25, 0.3) is 11.8 Å². The number of hydrogen-bond donors (Lipinski definition) is 2. The minimum absolute atomic E-state index is 0.0758. The van der Waals surface area contributed by atoms with E-state index < -0.39 is 11.8 Å². The Kier molecular flexibility index (Phi) is 4.74. The van der Waals surface area contributed by atoms with E-state index in [1.165, 1.54) is 12.3 Å². The topological polar surface area (TPSA) is 89.8 Å². The van der Waals surface area contributed by atoms with Gasteiger partial charge >= 0.3 is 0 Å². The second-order valence-corrected chi connectivity index (χ2v) is 5.73. The molecule has 25 heavy (non-hydrogen) atoms. The third kappa shape index (κ3) is 4.00. The Morgan fingerprint density at radius 1 is 1.16 bits per heavy atom. The quantitative estimate of drug-likeness (QED) is 0.814. The van der Waals surface area contributed by atoms with E-state index in [0.717, 1.165) is 0 Å². The summed E-state index contributed by atoms with van der Waals surface area (Å²) in [6, 6.07) is 8.31. The van der Waals surface area contributed by atoms with Crippen LogP contribution in [-0.4, -0.2) is 24.6 Å². The zero-order chi connectivity index (χ0) is 17.8. The monoisotopic (exact) mass is 342 g/mol. The molecule has 1 aromatic carbocycles. The van der Waals surface area contributed by atoms with Crippen LogP contribution in [0.5, 0.6) is 11.5 Å². The van der Waals surface area contributed by atoms with E-state index in [-0.39, 0.29) is 24.3 Å². The molecule has 2 heterocycles. The van der Waals surface area contributed by atoms with E-state index in [9.17, 15) is 9.59 Å². The first-order valence-corrected chi connectivity index (χ1v) is 7.80. The van der Waals surface area contributed by atoms with Gasteiger partial charge in [0, 0.05) is 6.04 Å². The highest BCUT2D eigenvalue weighted by Gasteiger charge is 2.18. The summed E-state index contributed by atoms with van der Waals surface area (Å²) in [4.78, 5) is 24.6. The SMILES string of the molecule is CC(C)NC(=O)C(=Cc1ccc2c(c1)OCO2)NC(=O)c1ccco1. The van der Waals surface area contributed by atoms with Crippen molar-refractivity contribution in [1.29, 1.82) is 0 Å². The van der Waals surface area contributed by atoms with Crippen LogP contribution >= 0.6 is 0 Å². The number of fused-ring (bicyclic) bond motifs is 1. The summed E-state index contributed by atoms with van der Waals surface area (Å²) in [5, 5.41) is 5.34. The van der Waals surface area contributed by atoms with Crippen molar-refractivity contribution in [2.24, 2.45) is 0 Å². The van der Waals surface area contributed by atoms with Gasteiger partial charge in [0.2, 0.25) is 6.79 Å². The van der Waals surface area contributed by atoms with E-state index >= 15 is 0 Å². The van der Waals surface area contributed by atoms with Crippen LogP contribution in [0.25, 0.3) is 6.08 Å². The molecule has 0 aliphatic carbocycles. The van der Waals surface area contributed by atoms with Gasteiger partial charge in [-0.15, -0.1) is 0 Å². The maximum atomic E-state index is 12.4. The van der Waals surface area contributed by atoms with Gasteiger partial charge in [0.15, 0.2) is 17.3 Å². The summed E-state index contributed by atoms with van der Waals surface area (Å²) in [5.41, 5.74) is 0.798. The predicted molar refractivity (Wildman–Crippen MR) is 90.0 cm³/mol. The van der Waals surface area contributed by atoms with Crippen LogP contribution in [0, 0.1) is 0 Å². The number of amides is 2. The highest BCUT2D eigenvalue weighted by molar-refractivity contribution is 6.04. The number of carbonyl (C=O) groups excluding carboxylic acids is 2. The van der Waals surface area contributed by atoms with Crippen LogP contribution < -0.4 is 20.1 Å². The molecule has 0 spiro atoms. The predicted octanol–water partition coefficient (Wildman–Crippen LogP) is 2.30. The molecule has 2 amide bonds. The fraction of sp³-hybridized carbons (Fsp3) is 0.222. The van der Waals surface area contributed by atoms with E-state index in [4.69, 9.17) is 13.9 Å². The van der Waals surface area contributed by atoms with Crippen molar-refractivity contribution >= 4 is 17.9 Å². The first-order valence-electron chi connectivity index (χ1n) is 7.80. The number of ether oxygens (including phenoxy) is 2. The molecule has 0 saturated carbocycles. The van der Waals surface area contributed by atoms with Crippen molar-refractivity contribution in [3.8, 4) is 11.5 Å². The molecule has 1 aromatic heterocycles. The van der Waals surface area contributed by atoms with Crippen molar-refractivity contribution < 1.29 is 23.5 Å². The minimum atomic E-state index is -0.504. The van der Waals surface area contributed by atoms with Gasteiger partial charge < -0.3 is 24.5 Å². The smallest absolute Gasteiger partial charge is 0.291 e. The van der Waals surface area contributed by atoms with Gasteiger partial charge in [0.05, 0.1) is 6.26 Å². The third-order valence-corrected chi connectivity index (χ3v) is 3.37. The lowest BCUT2D eigenvalue weighted by molar-refractivity contribution is -0.118. The molecular formula is C18H18N2O5. The summed E-state index contributed by atoms with van der Waals surface area (Å²) < 4.78 is 15.7. The fourth-order valence-corrected chi connectivity index (χ4v) is 2.26. The third-order valence-electron chi connectivity index (χ3n) is 3.37. The van der Waals surface area contributed by atoms with Crippen LogP contribution in [0.4, 0.5) is 0 Å². The van der Waals surface area contributed by atoms with Crippen molar-refractivity contribution in [1.82, 2.24) is 10.6 Å². The summed E-state index contributed by atoms with van der Waals surface area (Å²) >= 11 is 0. The Labute approximate surface area is 144 Å². The van der Waals surface area contributed by atoms with Crippen LogP contribution in [0.3, 0.4) is 0 Å². The Morgan fingerprint density at radius 2 is 1.96 bits per heavy atom. The Morgan fingerprint density at radius 3 is 2.68 bits per heavy atom. The lowest BCUT2D eigenvalue weighted by Gasteiger charge is -2.12. The number of rotatable bonds is 5. The van der Waals surface area contributed by atoms with Crippen LogP contribution in [0.15, 0.2) is 46.7 Å². The summed E-state index contributed by atoms with van der Waals surface area (Å²) in [6.07, 6.45) is 2.96. The molecule has 2 aromatic rings. The van der Waals surface area contributed by atoms with Gasteiger partial charge in [0.1, 0.15) is 5.70 Å². The van der Waals surface area contributed by atoms with Crippen molar-refractivity contribution in [2.75, 3.05) is 6.79 Å². The molecule has 0 bridgehead atoms. The van der Waals surface area contributed by atoms with Crippen molar-refractivity contribution in [2.45, 2.75) is 19.9 Å². The maximum absolute atomic E-state index is 12.4. The zero-order valence-electron chi connectivity index (χ0n) is 13.9. The molecule has 0 atom stereocenters. The first-order chi connectivity index (χ1) is 12.0. The average molecular weight is 342 g/mol. The molecule has 0 saturated heterocycles. The Bertz CT molecular complexity index is 809.